The van der Waals surface area contributed by atoms with E-state index in [-0.39, 0.29) is 13.2 Å². The van der Waals surface area contributed by atoms with Crippen molar-refractivity contribution in [1.29, 1.82) is 0 Å². The lowest BCUT2D eigenvalue weighted by Crippen LogP contribution is -2.64. The Labute approximate surface area is 117 Å². The summed E-state index contributed by atoms with van der Waals surface area (Å²) < 4.78 is 11.3. The minimum atomic E-state index is -0.670. The third-order valence-corrected chi connectivity index (χ3v) is 3.87. The van der Waals surface area contributed by atoms with E-state index < -0.39 is 5.54 Å². The lowest BCUT2D eigenvalue weighted by molar-refractivity contribution is 0.0867. The first-order valence-electron chi connectivity index (χ1n) is 6.88. The summed E-state index contributed by atoms with van der Waals surface area (Å²) in [5.41, 5.74) is 0.284. The van der Waals surface area contributed by atoms with Crippen LogP contribution in [0.1, 0.15) is 0 Å². The van der Waals surface area contributed by atoms with E-state index in [1.54, 1.807) is 0 Å². The average Bonchev–Trinajstić information content (AvgIpc) is 2.54. The standard InChI is InChI=1S/C14H20N2O4/c17-9-14(10-18)8-16(5-4-15-14)11-2-1-3-12-13(11)20-7-6-19-12/h1-3,15,17-18H,4-10H2. The van der Waals surface area contributed by atoms with Gasteiger partial charge < -0.3 is 29.9 Å². The van der Waals surface area contributed by atoms with Crippen molar-refractivity contribution in [3.8, 4) is 11.5 Å². The molecule has 0 radical (unpaired) electrons. The maximum absolute atomic E-state index is 9.54. The highest BCUT2D eigenvalue weighted by atomic mass is 16.6. The van der Waals surface area contributed by atoms with Gasteiger partial charge in [0.2, 0.25) is 0 Å². The predicted octanol–water partition coefficient (Wildman–Crippen LogP) is -0.409. The largest absolute Gasteiger partial charge is 0.486 e. The second kappa shape index (κ2) is 5.47. The zero-order valence-electron chi connectivity index (χ0n) is 11.3. The minimum Gasteiger partial charge on any atom is -0.486 e. The molecule has 110 valence electrons. The summed E-state index contributed by atoms with van der Waals surface area (Å²) in [4.78, 5) is 2.12. The van der Waals surface area contributed by atoms with Gasteiger partial charge >= 0.3 is 0 Å². The monoisotopic (exact) mass is 280 g/mol. The first-order valence-corrected chi connectivity index (χ1v) is 6.88. The lowest BCUT2D eigenvalue weighted by atomic mass is 9.98. The van der Waals surface area contributed by atoms with Gasteiger partial charge in [-0.15, -0.1) is 0 Å². The molecule has 0 spiro atoms. The van der Waals surface area contributed by atoms with Gasteiger partial charge in [0, 0.05) is 19.6 Å². The van der Waals surface area contributed by atoms with E-state index in [0.717, 1.165) is 23.7 Å². The highest BCUT2D eigenvalue weighted by Crippen LogP contribution is 2.40. The van der Waals surface area contributed by atoms with Crippen LogP contribution in [0.4, 0.5) is 5.69 Å². The summed E-state index contributed by atoms with van der Waals surface area (Å²) in [6.07, 6.45) is 0. The Morgan fingerprint density at radius 2 is 2.00 bits per heavy atom. The average molecular weight is 280 g/mol. The number of hydrogen-bond donors (Lipinski definition) is 3. The number of nitrogens with one attached hydrogen (secondary N) is 1. The molecule has 0 saturated carbocycles. The summed E-state index contributed by atoms with van der Waals surface area (Å²) in [7, 11) is 0. The van der Waals surface area contributed by atoms with Crippen LogP contribution in [0.2, 0.25) is 0 Å². The smallest absolute Gasteiger partial charge is 0.184 e. The molecule has 1 aromatic rings. The Bertz CT molecular complexity index is 476. The molecule has 6 heteroatoms. The van der Waals surface area contributed by atoms with Crippen molar-refractivity contribution in [2.75, 3.05) is 51.0 Å². The summed E-state index contributed by atoms with van der Waals surface area (Å²) in [6, 6.07) is 5.81. The number of fused-ring (bicyclic) bond motifs is 1. The van der Waals surface area contributed by atoms with E-state index in [1.165, 1.54) is 0 Å². The van der Waals surface area contributed by atoms with Crippen molar-refractivity contribution in [2.45, 2.75) is 5.54 Å². The zero-order valence-corrected chi connectivity index (χ0v) is 11.3. The van der Waals surface area contributed by atoms with Crippen LogP contribution >= 0.6 is 0 Å². The molecule has 1 fully saturated rings. The number of anilines is 1. The van der Waals surface area contributed by atoms with Crippen molar-refractivity contribution in [2.24, 2.45) is 0 Å². The summed E-state index contributed by atoms with van der Waals surface area (Å²) >= 11 is 0. The summed E-state index contributed by atoms with van der Waals surface area (Å²) in [5.74, 6) is 1.51. The number of piperazine rings is 1. The van der Waals surface area contributed by atoms with Gasteiger partial charge in [-0.2, -0.15) is 0 Å². The van der Waals surface area contributed by atoms with Crippen molar-refractivity contribution in [1.82, 2.24) is 5.32 Å². The summed E-state index contributed by atoms with van der Waals surface area (Å²) in [6.45, 7) is 2.92. The van der Waals surface area contributed by atoms with Gasteiger partial charge in [0.05, 0.1) is 24.4 Å². The van der Waals surface area contributed by atoms with E-state index in [0.29, 0.717) is 26.3 Å². The zero-order chi connectivity index (χ0) is 14.0. The Morgan fingerprint density at radius 1 is 1.20 bits per heavy atom. The van der Waals surface area contributed by atoms with Crippen LogP contribution in [-0.4, -0.2) is 61.8 Å². The molecule has 6 nitrogen and oxygen atoms in total. The van der Waals surface area contributed by atoms with Gasteiger partial charge in [-0.25, -0.2) is 0 Å². The van der Waals surface area contributed by atoms with E-state index in [2.05, 4.69) is 10.2 Å². The molecule has 2 aliphatic rings. The molecule has 0 aliphatic carbocycles. The number of nitrogens with zero attached hydrogens (tertiary/aromatic N) is 1. The van der Waals surface area contributed by atoms with Crippen LogP contribution in [0.25, 0.3) is 0 Å². The predicted molar refractivity (Wildman–Crippen MR) is 74.6 cm³/mol. The summed E-state index contributed by atoms with van der Waals surface area (Å²) in [5, 5.41) is 22.3. The SMILES string of the molecule is OCC1(CO)CN(c2cccc3c2OCCO3)CCN1. The molecule has 1 aromatic carbocycles. The highest BCUT2D eigenvalue weighted by molar-refractivity contribution is 5.65. The number of rotatable bonds is 3. The van der Waals surface area contributed by atoms with E-state index in [4.69, 9.17) is 9.47 Å². The Kier molecular flexibility index (Phi) is 3.69. The molecular weight excluding hydrogens is 260 g/mol. The second-order valence-corrected chi connectivity index (χ2v) is 5.25. The van der Waals surface area contributed by atoms with Crippen molar-refractivity contribution < 1.29 is 19.7 Å². The third-order valence-electron chi connectivity index (χ3n) is 3.87. The molecular formula is C14H20N2O4. The van der Waals surface area contributed by atoms with Crippen molar-refractivity contribution in [3.05, 3.63) is 18.2 Å². The molecule has 0 aromatic heterocycles. The maximum Gasteiger partial charge on any atom is 0.184 e. The van der Waals surface area contributed by atoms with Crippen LogP contribution in [0.5, 0.6) is 11.5 Å². The van der Waals surface area contributed by atoms with Crippen LogP contribution in [0.3, 0.4) is 0 Å². The molecule has 20 heavy (non-hydrogen) atoms. The highest BCUT2D eigenvalue weighted by Gasteiger charge is 2.35. The molecule has 1 saturated heterocycles. The van der Waals surface area contributed by atoms with Crippen LogP contribution in [0, 0.1) is 0 Å². The molecule has 2 heterocycles. The van der Waals surface area contributed by atoms with Crippen LogP contribution in [-0.2, 0) is 0 Å². The Morgan fingerprint density at radius 3 is 2.80 bits per heavy atom. The number of para-hydroxylation sites is 1. The third kappa shape index (κ3) is 2.30. The van der Waals surface area contributed by atoms with E-state index in [9.17, 15) is 10.2 Å². The number of aliphatic hydroxyl groups is 2. The van der Waals surface area contributed by atoms with Gasteiger partial charge in [0.1, 0.15) is 13.2 Å². The molecule has 3 rings (SSSR count). The van der Waals surface area contributed by atoms with E-state index in [1.807, 2.05) is 18.2 Å². The number of hydrogen-bond acceptors (Lipinski definition) is 6. The second-order valence-electron chi connectivity index (χ2n) is 5.25. The molecule has 2 aliphatic heterocycles. The lowest BCUT2D eigenvalue weighted by Gasteiger charge is -2.43. The Hall–Kier alpha value is -1.50. The van der Waals surface area contributed by atoms with Gasteiger partial charge in [0.15, 0.2) is 11.5 Å². The quantitative estimate of drug-likeness (QED) is 0.699. The number of ether oxygens (including phenoxy) is 2. The van der Waals surface area contributed by atoms with Crippen molar-refractivity contribution >= 4 is 5.69 Å². The molecule has 0 amide bonds. The fourth-order valence-corrected chi connectivity index (χ4v) is 2.73. The van der Waals surface area contributed by atoms with Gasteiger partial charge in [-0.1, -0.05) is 6.07 Å². The van der Waals surface area contributed by atoms with Crippen molar-refractivity contribution in [3.63, 3.8) is 0 Å². The normalized spacial score (nSPS) is 20.8. The van der Waals surface area contributed by atoms with E-state index >= 15 is 0 Å². The molecule has 0 bridgehead atoms. The number of benzene rings is 1. The van der Waals surface area contributed by atoms with Gasteiger partial charge in [0.25, 0.3) is 0 Å². The fourth-order valence-electron chi connectivity index (χ4n) is 2.73. The topological polar surface area (TPSA) is 74.2 Å². The first kappa shape index (κ1) is 13.5. The van der Waals surface area contributed by atoms with Gasteiger partial charge in [-0.3, -0.25) is 0 Å². The maximum atomic E-state index is 9.54. The Balaban J connectivity index is 1.89. The minimum absolute atomic E-state index is 0.105. The van der Waals surface area contributed by atoms with Gasteiger partial charge in [-0.05, 0) is 12.1 Å². The molecule has 0 unspecified atom stereocenters. The number of aliphatic hydroxyl groups excluding tert-OH is 2. The van der Waals surface area contributed by atoms with Crippen LogP contribution in [0.15, 0.2) is 18.2 Å². The van der Waals surface area contributed by atoms with Crippen LogP contribution < -0.4 is 19.7 Å². The fraction of sp³-hybridized carbons (Fsp3) is 0.571. The molecule has 0 atom stereocenters. The first-order chi connectivity index (χ1) is 9.78. The molecule has 3 N–H and O–H groups in total.